The summed E-state index contributed by atoms with van der Waals surface area (Å²) in [5, 5.41) is 6.79. The van der Waals surface area contributed by atoms with E-state index in [0.29, 0.717) is 12.1 Å². The van der Waals surface area contributed by atoms with Gasteiger partial charge in [-0.1, -0.05) is 6.92 Å². The van der Waals surface area contributed by atoms with Crippen LogP contribution < -0.4 is 5.32 Å². The molecule has 0 atom stereocenters. The van der Waals surface area contributed by atoms with Gasteiger partial charge in [-0.3, -0.25) is 9.48 Å². The Labute approximate surface area is 105 Å². The van der Waals surface area contributed by atoms with E-state index in [1.807, 2.05) is 6.92 Å². The van der Waals surface area contributed by atoms with Crippen molar-refractivity contribution in [2.24, 2.45) is 7.05 Å². The molecule has 0 radical (unpaired) electrons. The van der Waals surface area contributed by atoms with Gasteiger partial charge in [0.15, 0.2) is 0 Å². The number of carbonyl (C=O) groups is 1. The number of aryl methyl sites for hydroxylation is 1. The molecule has 16 heavy (non-hydrogen) atoms. The molecule has 1 heterocycles. The molecular formula is C10H15Cl2N3O. The van der Waals surface area contributed by atoms with E-state index >= 15 is 0 Å². The lowest BCUT2D eigenvalue weighted by molar-refractivity contribution is 0.0904. The Morgan fingerprint density at radius 1 is 1.56 bits per heavy atom. The van der Waals surface area contributed by atoms with Crippen molar-refractivity contribution in [1.82, 2.24) is 15.1 Å². The van der Waals surface area contributed by atoms with Gasteiger partial charge >= 0.3 is 0 Å². The molecule has 1 amide bonds. The number of rotatable bonds is 5. The minimum absolute atomic E-state index is 0.205. The zero-order valence-electron chi connectivity index (χ0n) is 9.33. The number of nitrogens with one attached hydrogen (secondary N) is 1. The van der Waals surface area contributed by atoms with E-state index in [2.05, 4.69) is 10.4 Å². The van der Waals surface area contributed by atoms with Crippen LogP contribution in [0.1, 0.15) is 23.8 Å². The number of hydrogen-bond donors (Lipinski definition) is 1. The van der Waals surface area contributed by atoms with Gasteiger partial charge in [0.05, 0.1) is 5.54 Å². The molecule has 0 saturated carbocycles. The first kappa shape index (κ1) is 13.3. The van der Waals surface area contributed by atoms with E-state index in [1.165, 1.54) is 4.68 Å². The molecule has 1 aromatic rings. The molecule has 0 aliphatic carbocycles. The number of alkyl halides is 2. The molecule has 6 heteroatoms. The second kappa shape index (κ2) is 5.55. The molecule has 0 saturated heterocycles. The smallest absolute Gasteiger partial charge is 0.270 e. The van der Waals surface area contributed by atoms with Crippen molar-refractivity contribution >= 4 is 29.1 Å². The normalized spacial score (nSPS) is 11.5. The first-order chi connectivity index (χ1) is 7.58. The summed E-state index contributed by atoms with van der Waals surface area (Å²) in [7, 11) is 1.71. The van der Waals surface area contributed by atoms with Crippen LogP contribution >= 0.6 is 23.2 Å². The van der Waals surface area contributed by atoms with Crippen LogP contribution in [0.3, 0.4) is 0 Å². The summed E-state index contributed by atoms with van der Waals surface area (Å²) in [5.74, 6) is 0.371. The topological polar surface area (TPSA) is 46.9 Å². The van der Waals surface area contributed by atoms with Gasteiger partial charge in [0.25, 0.3) is 5.91 Å². The fraction of sp³-hybridized carbons (Fsp3) is 0.600. The molecular weight excluding hydrogens is 249 g/mol. The first-order valence-corrected chi connectivity index (χ1v) is 6.08. The summed E-state index contributed by atoms with van der Waals surface area (Å²) in [6.07, 6.45) is 2.26. The summed E-state index contributed by atoms with van der Waals surface area (Å²) in [4.78, 5) is 11.9. The standard InChI is InChI=1S/C10H15Cl2N3O/c1-3-10(6-11,7-12)14-9(16)8-4-5-13-15(8)2/h4-5H,3,6-7H2,1-2H3,(H,14,16). The quantitative estimate of drug-likeness (QED) is 0.824. The highest BCUT2D eigenvalue weighted by atomic mass is 35.5. The molecule has 0 unspecified atom stereocenters. The number of amides is 1. The number of halogens is 2. The van der Waals surface area contributed by atoms with Crippen molar-refractivity contribution in [3.05, 3.63) is 18.0 Å². The Bertz CT molecular complexity index is 352. The van der Waals surface area contributed by atoms with Gasteiger partial charge < -0.3 is 5.32 Å². The van der Waals surface area contributed by atoms with E-state index in [4.69, 9.17) is 23.2 Å². The highest BCUT2D eigenvalue weighted by molar-refractivity contribution is 6.22. The molecule has 0 bridgehead atoms. The third kappa shape index (κ3) is 2.68. The van der Waals surface area contributed by atoms with Gasteiger partial charge in [-0.25, -0.2) is 0 Å². The van der Waals surface area contributed by atoms with Crippen LogP contribution in [0.15, 0.2) is 12.3 Å². The average Bonchev–Trinajstić information content (AvgIpc) is 2.72. The van der Waals surface area contributed by atoms with Crippen LogP contribution in [0.25, 0.3) is 0 Å². The minimum atomic E-state index is -0.551. The maximum Gasteiger partial charge on any atom is 0.270 e. The number of carbonyl (C=O) groups excluding carboxylic acids is 1. The maximum atomic E-state index is 11.9. The molecule has 90 valence electrons. The SMILES string of the molecule is CCC(CCl)(CCl)NC(=O)c1ccnn1C. The molecule has 0 spiro atoms. The van der Waals surface area contributed by atoms with Crippen LogP contribution in [0, 0.1) is 0 Å². The second-order valence-electron chi connectivity index (χ2n) is 3.70. The fourth-order valence-electron chi connectivity index (χ4n) is 1.28. The zero-order chi connectivity index (χ0) is 12.2. The number of hydrogen-bond acceptors (Lipinski definition) is 2. The van der Waals surface area contributed by atoms with Crippen LogP contribution in [0.5, 0.6) is 0 Å². The fourth-order valence-corrected chi connectivity index (χ4v) is 2.08. The molecule has 0 fully saturated rings. The summed E-state index contributed by atoms with van der Waals surface area (Å²) in [6, 6.07) is 1.65. The van der Waals surface area contributed by atoms with Gasteiger partial charge in [-0.15, -0.1) is 23.2 Å². The van der Waals surface area contributed by atoms with Gasteiger partial charge in [-0.2, -0.15) is 5.10 Å². The largest absolute Gasteiger partial charge is 0.343 e. The minimum Gasteiger partial charge on any atom is -0.343 e. The molecule has 4 nitrogen and oxygen atoms in total. The van der Waals surface area contributed by atoms with Crippen LogP contribution in [-0.2, 0) is 7.05 Å². The molecule has 1 aromatic heterocycles. The highest BCUT2D eigenvalue weighted by Gasteiger charge is 2.29. The first-order valence-electron chi connectivity index (χ1n) is 5.01. The third-order valence-electron chi connectivity index (χ3n) is 2.62. The second-order valence-corrected chi connectivity index (χ2v) is 4.23. The van der Waals surface area contributed by atoms with E-state index in [0.717, 1.165) is 0 Å². The molecule has 1 N–H and O–H groups in total. The van der Waals surface area contributed by atoms with Crippen molar-refractivity contribution < 1.29 is 4.79 Å². The predicted molar refractivity (Wildman–Crippen MR) is 65.1 cm³/mol. The Hall–Kier alpha value is -0.740. The van der Waals surface area contributed by atoms with E-state index in [1.54, 1.807) is 19.3 Å². The monoisotopic (exact) mass is 263 g/mol. The summed E-state index contributed by atoms with van der Waals surface area (Å²) in [5.41, 5.74) is -0.0576. The third-order valence-corrected chi connectivity index (χ3v) is 3.64. The molecule has 0 aliphatic heterocycles. The summed E-state index contributed by atoms with van der Waals surface area (Å²) >= 11 is 11.7. The summed E-state index contributed by atoms with van der Waals surface area (Å²) in [6.45, 7) is 1.94. The van der Waals surface area contributed by atoms with E-state index in [9.17, 15) is 4.79 Å². The lowest BCUT2D eigenvalue weighted by Crippen LogP contribution is -2.51. The van der Waals surface area contributed by atoms with E-state index in [-0.39, 0.29) is 17.7 Å². The van der Waals surface area contributed by atoms with Gasteiger partial charge in [-0.05, 0) is 12.5 Å². The zero-order valence-corrected chi connectivity index (χ0v) is 10.8. The molecule has 0 aliphatic rings. The Balaban J connectivity index is 2.81. The Morgan fingerprint density at radius 3 is 2.56 bits per heavy atom. The Kier molecular flexibility index (Phi) is 4.62. The lowest BCUT2D eigenvalue weighted by atomic mass is 10.0. The number of nitrogens with zero attached hydrogens (tertiary/aromatic N) is 2. The van der Waals surface area contributed by atoms with E-state index < -0.39 is 5.54 Å². The van der Waals surface area contributed by atoms with Crippen molar-refractivity contribution in [3.8, 4) is 0 Å². The Morgan fingerprint density at radius 2 is 2.19 bits per heavy atom. The lowest BCUT2D eigenvalue weighted by Gasteiger charge is -2.29. The maximum absolute atomic E-state index is 11.9. The van der Waals surface area contributed by atoms with Crippen molar-refractivity contribution in [1.29, 1.82) is 0 Å². The van der Waals surface area contributed by atoms with Gasteiger partial charge in [0, 0.05) is 25.0 Å². The average molecular weight is 264 g/mol. The predicted octanol–water partition coefficient (Wildman–Crippen LogP) is 1.78. The van der Waals surface area contributed by atoms with Crippen molar-refractivity contribution in [2.75, 3.05) is 11.8 Å². The van der Waals surface area contributed by atoms with Crippen LogP contribution in [0.2, 0.25) is 0 Å². The van der Waals surface area contributed by atoms with Crippen molar-refractivity contribution in [3.63, 3.8) is 0 Å². The highest BCUT2D eigenvalue weighted by Crippen LogP contribution is 2.15. The molecule has 0 aromatic carbocycles. The van der Waals surface area contributed by atoms with Crippen LogP contribution in [-0.4, -0.2) is 33.0 Å². The van der Waals surface area contributed by atoms with Crippen molar-refractivity contribution in [2.45, 2.75) is 18.9 Å². The number of aromatic nitrogens is 2. The van der Waals surface area contributed by atoms with Gasteiger partial charge in [0.1, 0.15) is 5.69 Å². The van der Waals surface area contributed by atoms with Gasteiger partial charge in [0.2, 0.25) is 0 Å². The molecule has 1 rings (SSSR count). The van der Waals surface area contributed by atoms with Crippen LogP contribution in [0.4, 0.5) is 0 Å². The summed E-state index contributed by atoms with van der Waals surface area (Å²) < 4.78 is 1.51.